The maximum absolute atomic E-state index is 11.5. The van der Waals surface area contributed by atoms with Crippen LogP contribution in [0, 0.1) is 0 Å². The molecule has 6 heteroatoms. The molecule has 0 saturated carbocycles. The van der Waals surface area contributed by atoms with Crippen molar-refractivity contribution in [3.63, 3.8) is 0 Å². The van der Waals surface area contributed by atoms with Crippen LogP contribution in [0.1, 0.15) is 17.3 Å². The molecule has 0 heterocycles. The van der Waals surface area contributed by atoms with Crippen LogP contribution in [0.25, 0.3) is 0 Å². The fourth-order valence-corrected chi connectivity index (χ4v) is 1.57. The molecule has 0 spiro atoms. The highest BCUT2D eigenvalue weighted by atomic mass is 79.9. The highest BCUT2D eigenvalue weighted by Gasteiger charge is 2.12. The van der Waals surface area contributed by atoms with Crippen LogP contribution in [-0.2, 0) is 0 Å². The van der Waals surface area contributed by atoms with Crippen LogP contribution in [0.4, 0.5) is 10.5 Å². The van der Waals surface area contributed by atoms with Gasteiger partial charge in [0.25, 0.3) is 0 Å². The Bertz CT molecular complexity index is 500. The van der Waals surface area contributed by atoms with E-state index in [9.17, 15) is 9.59 Å². The Labute approximate surface area is 113 Å². The van der Waals surface area contributed by atoms with Gasteiger partial charge in [-0.3, -0.25) is 0 Å². The summed E-state index contributed by atoms with van der Waals surface area (Å²) in [7, 11) is 0. The van der Waals surface area contributed by atoms with E-state index in [1.165, 1.54) is 12.1 Å². The molecule has 0 fully saturated rings. The van der Waals surface area contributed by atoms with Crippen molar-refractivity contribution in [1.29, 1.82) is 0 Å². The Balaban J connectivity index is 2.82. The molecule has 0 radical (unpaired) electrons. The van der Waals surface area contributed by atoms with Crippen LogP contribution in [0.2, 0.25) is 0 Å². The lowest BCUT2D eigenvalue weighted by atomic mass is 10.2. The molecule has 1 aromatic rings. The standard InChI is InChI=1S/C12H13BrN2O3/c1-7(2)6-14-12(18)15-10-5-8(13)3-4-9(10)11(16)17/h3-5H,1,6H2,2H3,(H,16,17)(H2,14,15,18). The van der Waals surface area contributed by atoms with E-state index in [2.05, 4.69) is 33.1 Å². The largest absolute Gasteiger partial charge is 0.478 e. The second kappa shape index (κ2) is 6.20. The van der Waals surface area contributed by atoms with E-state index in [-0.39, 0.29) is 11.3 Å². The van der Waals surface area contributed by atoms with Gasteiger partial charge < -0.3 is 15.7 Å². The molecule has 3 N–H and O–H groups in total. The number of rotatable bonds is 4. The Morgan fingerprint density at radius 2 is 2.11 bits per heavy atom. The Morgan fingerprint density at radius 3 is 2.67 bits per heavy atom. The molecular formula is C12H13BrN2O3. The maximum Gasteiger partial charge on any atom is 0.337 e. The number of carbonyl (C=O) groups is 2. The summed E-state index contributed by atoms with van der Waals surface area (Å²) in [4.78, 5) is 22.5. The van der Waals surface area contributed by atoms with Crippen LogP contribution in [0.5, 0.6) is 0 Å². The van der Waals surface area contributed by atoms with Crippen LogP contribution in [0.3, 0.4) is 0 Å². The van der Waals surface area contributed by atoms with E-state index in [0.717, 1.165) is 5.57 Å². The van der Waals surface area contributed by atoms with Gasteiger partial charge in [0.2, 0.25) is 0 Å². The number of nitrogens with one attached hydrogen (secondary N) is 2. The second-order valence-electron chi connectivity index (χ2n) is 3.76. The molecule has 0 unspecified atom stereocenters. The molecule has 0 saturated heterocycles. The van der Waals surface area contributed by atoms with Gasteiger partial charge in [-0.15, -0.1) is 0 Å². The molecule has 96 valence electrons. The molecule has 0 aromatic heterocycles. The zero-order chi connectivity index (χ0) is 13.7. The summed E-state index contributed by atoms with van der Waals surface area (Å²) in [6, 6.07) is 4.07. The van der Waals surface area contributed by atoms with Gasteiger partial charge in [0.05, 0.1) is 11.3 Å². The zero-order valence-electron chi connectivity index (χ0n) is 9.79. The summed E-state index contributed by atoms with van der Waals surface area (Å²) >= 11 is 3.22. The summed E-state index contributed by atoms with van der Waals surface area (Å²) in [6.07, 6.45) is 0. The van der Waals surface area contributed by atoms with Gasteiger partial charge >= 0.3 is 12.0 Å². The quantitative estimate of drug-likeness (QED) is 0.748. The van der Waals surface area contributed by atoms with E-state index in [4.69, 9.17) is 5.11 Å². The summed E-state index contributed by atoms with van der Waals surface area (Å²) in [5, 5.41) is 14.0. The molecule has 5 nitrogen and oxygen atoms in total. The third kappa shape index (κ3) is 4.21. The number of amides is 2. The van der Waals surface area contributed by atoms with E-state index < -0.39 is 12.0 Å². The van der Waals surface area contributed by atoms with Gasteiger partial charge in [0.1, 0.15) is 0 Å². The number of aromatic carboxylic acids is 1. The lowest BCUT2D eigenvalue weighted by Gasteiger charge is -2.10. The molecule has 1 rings (SSSR count). The number of hydrogen-bond acceptors (Lipinski definition) is 2. The number of hydrogen-bond donors (Lipinski definition) is 3. The summed E-state index contributed by atoms with van der Waals surface area (Å²) < 4.78 is 0.683. The Morgan fingerprint density at radius 1 is 1.44 bits per heavy atom. The van der Waals surface area contributed by atoms with Gasteiger partial charge in [-0.1, -0.05) is 28.1 Å². The predicted octanol–water partition coefficient (Wildman–Crippen LogP) is 2.84. The van der Waals surface area contributed by atoms with Gasteiger partial charge in [0, 0.05) is 11.0 Å². The first-order valence-electron chi connectivity index (χ1n) is 5.12. The highest BCUT2D eigenvalue weighted by Crippen LogP contribution is 2.21. The average Bonchev–Trinajstić information content (AvgIpc) is 2.26. The molecule has 1 aromatic carbocycles. The number of anilines is 1. The van der Waals surface area contributed by atoms with Crippen LogP contribution in [-0.4, -0.2) is 23.7 Å². The molecule has 0 aliphatic heterocycles. The van der Waals surface area contributed by atoms with Crippen LogP contribution in [0.15, 0.2) is 34.8 Å². The zero-order valence-corrected chi connectivity index (χ0v) is 11.4. The number of carboxylic acid groups (broad SMARTS) is 1. The van der Waals surface area contributed by atoms with Crippen molar-refractivity contribution < 1.29 is 14.7 Å². The average molecular weight is 313 g/mol. The van der Waals surface area contributed by atoms with Gasteiger partial charge in [-0.25, -0.2) is 9.59 Å². The molecule has 0 aliphatic carbocycles. The smallest absolute Gasteiger partial charge is 0.337 e. The van der Waals surface area contributed by atoms with Crippen molar-refractivity contribution in [3.05, 3.63) is 40.4 Å². The Hall–Kier alpha value is -1.82. The summed E-state index contributed by atoms with van der Waals surface area (Å²) in [6.45, 7) is 5.77. The van der Waals surface area contributed by atoms with Crippen LogP contribution >= 0.6 is 15.9 Å². The van der Waals surface area contributed by atoms with E-state index in [0.29, 0.717) is 11.0 Å². The molecule has 18 heavy (non-hydrogen) atoms. The minimum Gasteiger partial charge on any atom is -0.478 e. The van der Waals surface area contributed by atoms with E-state index in [1.807, 2.05) is 0 Å². The Kier molecular flexibility index (Phi) is 4.91. The van der Waals surface area contributed by atoms with Crippen molar-refractivity contribution in [1.82, 2.24) is 5.32 Å². The van der Waals surface area contributed by atoms with E-state index in [1.54, 1.807) is 13.0 Å². The van der Waals surface area contributed by atoms with Crippen molar-refractivity contribution in [2.75, 3.05) is 11.9 Å². The highest BCUT2D eigenvalue weighted by molar-refractivity contribution is 9.10. The number of benzene rings is 1. The fraction of sp³-hybridized carbons (Fsp3) is 0.167. The third-order valence-corrected chi connectivity index (χ3v) is 2.50. The van der Waals surface area contributed by atoms with Gasteiger partial charge in [-0.05, 0) is 25.1 Å². The van der Waals surface area contributed by atoms with Crippen molar-refractivity contribution in [2.24, 2.45) is 0 Å². The SMILES string of the molecule is C=C(C)CNC(=O)Nc1cc(Br)ccc1C(=O)O. The fourth-order valence-electron chi connectivity index (χ4n) is 1.20. The first kappa shape index (κ1) is 14.2. The minimum atomic E-state index is -1.10. The van der Waals surface area contributed by atoms with Crippen molar-refractivity contribution in [3.8, 4) is 0 Å². The van der Waals surface area contributed by atoms with Crippen molar-refractivity contribution >= 4 is 33.6 Å². The van der Waals surface area contributed by atoms with Gasteiger partial charge in [-0.2, -0.15) is 0 Å². The number of carboxylic acids is 1. The number of halogens is 1. The molecule has 0 atom stereocenters. The van der Waals surface area contributed by atoms with E-state index >= 15 is 0 Å². The minimum absolute atomic E-state index is 0.0312. The first-order chi connectivity index (χ1) is 8.40. The number of urea groups is 1. The van der Waals surface area contributed by atoms with Crippen molar-refractivity contribution in [2.45, 2.75) is 6.92 Å². The summed E-state index contributed by atoms with van der Waals surface area (Å²) in [5.74, 6) is -1.10. The predicted molar refractivity (Wildman–Crippen MR) is 72.9 cm³/mol. The van der Waals surface area contributed by atoms with Crippen LogP contribution < -0.4 is 10.6 Å². The summed E-state index contributed by atoms with van der Waals surface area (Å²) in [5.41, 5.74) is 1.07. The second-order valence-corrected chi connectivity index (χ2v) is 4.68. The lowest BCUT2D eigenvalue weighted by Crippen LogP contribution is -2.30. The molecular weight excluding hydrogens is 300 g/mol. The first-order valence-corrected chi connectivity index (χ1v) is 5.91. The maximum atomic E-state index is 11.5. The molecule has 2 amide bonds. The normalized spacial score (nSPS) is 9.67. The molecule has 0 bridgehead atoms. The lowest BCUT2D eigenvalue weighted by molar-refractivity contribution is 0.0698. The number of carbonyl (C=O) groups excluding carboxylic acids is 1. The third-order valence-electron chi connectivity index (χ3n) is 2.01. The topological polar surface area (TPSA) is 78.4 Å². The monoisotopic (exact) mass is 312 g/mol. The van der Waals surface area contributed by atoms with Gasteiger partial charge in [0.15, 0.2) is 0 Å². The molecule has 0 aliphatic rings.